The maximum absolute atomic E-state index is 11.7. The van der Waals surface area contributed by atoms with Gasteiger partial charge < -0.3 is 24.1 Å². The van der Waals surface area contributed by atoms with Gasteiger partial charge in [-0.25, -0.2) is 0 Å². The Morgan fingerprint density at radius 2 is 0.848 bits per heavy atom. The van der Waals surface area contributed by atoms with Gasteiger partial charge in [0.25, 0.3) is 0 Å². The average molecular weight is 615 g/mol. The molecule has 0 aliphatic heterocycles. The van der Waals surface area contributed by atoms with Crippen molar-refractivity contribution in [2.45, 2.75) is 50.8 Å². The maximum Gasteiger partial charge on any atom is 0.116 e. The van der Waals surface area contributed by atoms with E-state index in [9.17, 15) is 5.11 Å². The number of aliphatic hydroxyl groups excluding tert-OH is 1. The molecular formula is C41H42O5. The maximum atomic E-state index is 11.7. The Kier molecular flexibility index (Phi) is 13.3. The largest absolute Gasteiger partial charge is 0.388 e. The summed E-state index contributed by atoms with van der Waals surface area (Å²) in [4.78, 5) is 0. The quantitative estimate of drug-likeness (QED) is 0.108. The minimum atomic E-state index is -0.999. The number of hydrogen-bond acceptors (Lipinski definition) is 5. The van der Waals surface area contributed by atoms with Crippen LogP contribution in [0.1, 0.15) is 27.8 Å². The minimum absolute atomic E-state index is 0.0628. The second-order valence-electron chi connectivity index (χ2n) is 11.1. The van der Waals surface area contributed by atoms with Crippen molar-refractivity contribution in [1.29, 1.82) is 0 Å². The normalized spacial score (nSPS) is 14.1. The number of ether oxygens (including phenoxy) is 4. The standard InChI is InChI=1S/C41H42O5/c42-38(32-43-28-34-18-8-2-9-19-34)40(45-30-36-22-12-4-13-23-36)41(46-31-37-24-14-5-15-25-37)39(27-26-33-16-6-1-7-17-33)44-29-35-20-10-3-11-21-35/h1-27,38-42H,28-32H2/b27-26-/t38-,39-,40-,41-/m1/s1. The van der Waals surface area contributed by atoms with Gasteiger partial charge in [-0.1, -0.05) is 164 Å². The Balaban J connectivity index is 1.44. The Bertz CT molecular complexity index is 1530. The topological polar surface area (TPSA) is 57.2 Å². The molecule has 0 fully saturated rings. The van der Waals surface area contributed by atoms with E-state index in [1.54, 1.807) is 0 Å². The first-order chi connectivity index (χ1) is 22.7. The van der Waals surface area contributed by atoms with Crippen LogP contribution in [-0.4, -0.2) is 36.1 Å². The van der Waals surface area contributed by atoms with Gasteiger partial charge in [-0.05, 0) is 27.8 Å². The summed E-state index contributed by atoms with van der Waals surface area (Å²) in [5.41, 5.74) is 5.11. The van der Waals surface area contributed by atoms with E-state index in [1.807, 2.05) is 164 Å². The van der Waals surface area contributed by atoms with Crippen molar-refractivity contribution in [2.75, 3.05) is 6.61 Å². The van der Waals surface area contributed by atoms with Gasteiger partial charge >= 0.3 is 0 Å². The van der Waals surface area contributed by atoms with E-state index >= 15 is 0 Å². The summed E-state index contributed by atoms with van der Waals surface area (Å²) in [6.07, 6.45) is 1.02. The van der Waals surface area contributed by atoms with Crippen LogP contribution in [0.4, 0.5) is 0 Å². The first-order valence-corrected chi connectivity index (χ1v) is 15.7. The second-order valence-corrected chi connectivity index (χ2v) is 11.1. The van der Waals surface area contributed by atoms with Crippen molar-refractivity contribution in [3.05, 3.63) is 186 Å². The zero-order chi connectivity index (χ0) is 31.7. The third-order valence-corrected chi connectivity index (χ3v) is 7.56. The van der Waals surface area contributed by atoms with E-state index in [0.29, 0.717) is 26.4 Å². The molecule has 0 aromatic heterocycles. The van der Waals surface area contributed by atoms with Gasteiger partial charge in [0.2, 0.25) is 0 Å². The molecule has 5 aromatic carbocycles. The molecule has 4 atom stereocenters. The highest BCUT2D eigenvalue weighted by molar-refractivity contribution is 5.49. The molecule has 0 aliphatic rings. The minimum Gasteiger partial charge on any atom is -0.388 e. The molecule has 0 aliphatic carbocycles. The number of rotatable bonds is 18. The molecule has 5 aromatic rings. The highest BCUT2D eigenvalue weighted by Crippen LogP contribution is 2.23. The molecule has 0 saturated heterocycles. The predicted molar refractivity (Wildman–Crippen MR) is 183 cm³/mol. The van der Waals surface area contributed by atoms with Crippen molar-refractivity contribution < 1.29 is 24.1 Å². The SMILES string of the molecule is O[C@H](COCc1ccccc1)[C@@H](OCc1ccccc1)[C@H](OCc1ccccc1)[C@@H](/C=C\c1ccccc1)OCc1ccccc1. The molecule has 5 rings (SSSR count). The first kappa shape index (κ1) is 33.0. The number of aliphatic hydroxyl groups is 1. The Labute approximate surface area is 272 Å². The Hall–Kier alpha value is -4.36. The van der Waals surface area contributed by atoms with E-state index in [2.05, 4.69) is 0 Å². The third kappa shape index (κ3) is 10.9. The van der Waals surface area contributed by atoms with Crippen LogP contribution in [0.2, 0.25) is 0 Å². The van der Waals surface area contributed by atoms with Crippen LogP contribution < -0.4 is 0 Å². The van der Waals surface area contributed by atoms with Crippen LogP contribution in [-0.2, 0) is 45.4 Å². The fourth-order valence-electron chi connectivity index (χ4n) is 5.10. The van der Waals surface area contributed by atoms with Gasteiger partial charge in [0.1, 0.15) is 24.4 Å². The summed E-state index contributed by atoms with van der Waals surface area (Å²) >= 11 is 0. The monoisotopic (exact) mass is 614 g/mol. The Morgan fingerprint density at radius 3 is 1.33 bits per heavy atom. The van der Waals surface area contributed by atoms with Gasteiger partial charge in [0, 0.05) is 0 Å². The van der Waals surface area contributed by atoms with Gasteiger partial charge in [-0.2, -0.15) is 0 Å². The lowest BCUT2D eigenvalue weighted by molar-refractivity contribution is -0.178. The van der Waals surface area contributed by atoms with Gasteiger partial charge in [-0.3, -0.25) is 0 Å². The average Bonchev–Trinajstić information content (AvgIpc) is 3.12. The fourth-order valence-corrected chi connectivity index (χ4v) is 5.10. The van der Waals surface area contributed by atoms with Crippen LogP contribution in [0.25, 0.3) is 6.08 Å². The van der Waals surface area contributed by atoms with E-state index < -0.39 is 24.4 Å². The zero-order valence-electron chi connectivity index (χ0n) is 26.0. The number of hydrogen-bond donors (Lipinski definition) is 1. The van der Waals surface area contributed by atoms with Crippen LogP contribution in [0, 0.1) is 0 Å². The summed E-state index contributed by atoms with van der Waals surface area (Å²) in [5.74, 6) is 0. The zero-order valence-corrected chi connectivity index (χ0v) is 26.0. The van der Waals surface area contributed by atoms with Crippen molar-refractivity contribution in [2.24, 2.45) is 0 Å². The van der Waals surface area contributed by atoms with E-state index in [4.69, 9.17) is 18.9 Å². The molecule has 0 bridgehead atoms. The van der Waals surface area contributed by atoms with Crippen molar-refractivity contribution in [3.8, 4) is 0 Å². The smallest absolute Gasteiger partial charge is 0.116 e. The van der Waals surface area contributed by atoms with Crippen molar-refractivity contribution >= 4 is 6.08 Å². The molecule has 236 valence electrons. The van der Waals surface area contributed by atoms with Crippen LogP contribution in [0.3, 0.4) is 0 Å². The third-order valence-electron chi connectivity index (χ3n) is 7.56. The lowest BCUT2D eigenvalue weighted by Gasteiger charge is -2.35. The van der Waals surface area contributed by atoms with Gasteiger partial charge in [0.15, 0.2) is 0 Å². The summed E-state index contributed by atoms with van der Waals surface area (Å²) in [5, 5.41) is 11.7. The molecule has 46 heavy (non-hydrogen) atoms. The van der Waals surface area contributed by atoms with Gasteiger partial charge in [-0.15, -0.1) is 0 Å². The second kappa shape index (κ2) is 18.6. The molecule has 0 amide bonds. The Morgan fingerprint density at radius 1 is 0.457 bits per heavy atom. The molecule has 0 heterocycles. The van der Waals surface area contributed by atoms with E-state index in [0.717, 1.165) is 27.8 Å². The summed E-state index contributed by atoms with van der Waals surface area (Å²) in [7, 11) is 0. The molecule has 0 saturated carbocycles. The van der Waals surface area contributed by atoms with Crippen LogP contribution in [0.5, 0.6) is 0 Å². The number of benzene rings is 5. The first-order valence-electron chi connectivity index (χ1n) is 15.7. The molecule has 0 spiro atoms. The molecule has 5 nitrogen and oxygen atoms in total. The van der Waals surface area contributed by atoms with Gasteiger partial charge in [0.05, 0.1) is 33.0 Å². The molecule has 5 heteroatoms. The molecular weight excluding hydrogens is 572 g/mol. The summed E-state index contributed by atoms with van der Waals surface area (Å²) in [6, 6.07) is 50.0. The molecule has 0 unspecified atom stereocenters. The van der Waals surface area contributed by atoms with Crippen LogP contribution >= 0.6 is 0 Å². The van der Waals surface area contributed by atoms with E-state index in [1.165, 1.54) is 0 Å². The molecule has 0 radical (unpaired) electrons. The lowest BCUT2D eigenvalue weighted by Crippen LogP contribution is -2.49. The van der Waals surface area contributed by atoms with E-state index in [-0.39, 0.29) is 6.61 Å². The highest BCUT2D eigenvalue weighted by atomic mass is 16.6. The highest BCUT2D eigenvalue weighted by Gasteiger charge is 2.36. The lowest BCUT2D eigenvalue weighted by atomic mass is 10.0. The fraction of sp³-hybridized carbons (Fsp3) is 0.220. The summed E-state index contributed by atoms with van der Waals surface area (Å²) < 4.78 is 25.9. The predicted octanol–water partition coefficient (Wildman–Crippen LogP) is 8.03. The van der Waals surface area contributed by atoms with Crippen molar-refractivity contribution in [3.63, 3.8) is 0 Å². The van der Waals surface area contributed by atoms with Crippen molar-refractivity contribution in [1.82, 2.24) is 0 Å². The molecule has 1 N–H and O–H groups in total. The van der Waals surface area contributed by atoms with Crippen LogP contribution in [0.15, 0.2) is 158 Å². The summed E-state index contributed by atoms with van der Waals surface area (Å²) in [6.45, 7) is 1.41.